The van der Waals surface area contributed by atoms with Gasteiger partial charge in [-0.15, -0.1) is 0 Å². The smallest absolute Gasteiger partial charge is 0.339 e. The van der Waals surface area contributed by atoms with E-state index in [0.29, 0.717) is 23.9 Å². The summed E-state index contributed by atoms with van der Waals surface area (Å²) in [4.78, 5) is 14.1. The molecule has 0 unspecified atom stereocenters. The Morgan fingerprint density at radius 2 is 2.24 bits per heavy atom. The minimum absolute atomic E-state index is 0.223. The number of hydrogen-bond donors (Lipinski definition) is 2. The number of hydrogen-bond acceptors (Lipinski definition) is 5. The highest BCUT2D eigenvalue weighted by Crippen LogP contribution is 2.36. The average Bonchev–Trinajstić information content (AvgIpc) is 2.76. The summed E-state index contributed by atoms with van der Waals surface area (Å²) in [6.07, 6.45) is 0.853. The molecule has 3 N–H and O–H groups in total. The number of nitrogens with zero attached hydrogens (tertiary/aromatic N) is 1. The van der Waals surface area contributed by atoms with Crippen LogP contribution in [0.5, 0.6) is 0 Å². The summed E-state index contributed by atoms with van der Waals surface area (Å²) < 4.78 is 5.04. The molecule has 1 aliphatic heterocycles. The van der Waals surface area contributed by atoms with Gasteiger partial charge in [-0.2, -0.15) is 0 Å². The van der Waals surface area contributed by atoms with Crippen LogP contribution in [0, 0.1) is 0 Å². The van der Waals surface area contributed by atoms with Crippen molar-refractivity contribution in [2.45, 2.75) is 32.7 Å². The molecule has 116 valence electrons. The van der Waals surface area contributed by atoms with Gasteiger partial charge in [0, 0.05) is 12.1 Å². The predicted molar refractivity (Wildman–Crippen MR) is 86.1 cm³/mol. The Morgan fingerprint density at radius 1 is 1.52 bits per heavy atom. The second-order valence-electron chi connectivity index (χ2n) is 5.91. The van der Waals surface area contributed by atoms with Crippen molar-refractivity contribution in [2.24, 2.45) is 5.73 Å². The maximum absolute atomic E-state index is 11.9. The van der Waals surface area contributed by atoms with Crippen LogP contribution < -0.4 is 16.0 Å². The first-order valence-electron chi connectivity index (χ1n) is 7.10. The molecular formula is C15H22ClN3O2. The van der Waals surface area contributed by atoms with Gasteiger partial charge in [0.2, 0.25) is 0 Å². The number of nitrogens with two attached hydrogens (primary N) is 1. The summed E-state index contributed by atoms with van der Waals surface area (Å²) in [5.41, 5.74) is 8.11. The van der Waals surface area contributed by atoms with E-state index in [4.69, 9.17) is 22.1 Å². The highest BCUT2D eigenvalue weighted by molar-refractivity contribution is 6.34. The Morgan fingerprint density at radius 3 is 2.86 bits per heavy atom. The molecule has 6 heteroatoms. The largest absolute Gasteiger partial charge is 0.462 e. The van der Waals surface area contributed by atoms with E-state index in [1.54, 1.807) is 19.1 Å². The van der Waals surface area contributed by atoms with E-state index < -0.39 is 5.97 Å². The molecule has 0 amide bonds. The molecule has 0 spiro atoms. The van der Waals surface area contributed by atoms with E-state index in [-0.39, 0.29) is 5.54 Å². The number of halogens is 1. The van der Waals surface area contributed by atoms with Crippen molar-refractivity contribution in [3.63, 3.8) is 0 Å². The standard InChI is InChI=1S/C15H22ClN3O2/c1-4-21-14(20)10-7-13-12(8-11(10)16)18-9-19(13)6-5-15(2,3)17/h7-8,18H,4-6,9,17H2,1-3H3. The molecule has 0 aromatic heterocycles. The molecule has 0 saturated carbocycles. The van der Waals surface area contributed by atoms with E-state index in [2.05, 4.69) is 10.2 Å². The zero-order valence-electron chi connectivity index (χ0n) is 12.7. The average molecular weight is 312 g/mol. The van der Waals surface area contributed by atoms with E-state index >= 15 is 0 Å². The lowest BCUT2D eigenvalue weighted by atomic mass is 10.0. The van der Waals surface area contributed by atoms with Crippen molar-refractivity contribution in [1.29, 1.82) is 0 Å². The highest BCUT2D eigenvalue weighted by Gasteiger charge is 2.24. The second-order valence-corrected chi connectivity index (χ2v) is 6.31. The van der Waals surface area contributed by atoms with Gasteiger partial charge in [0.05, 0.1) is 35.2 Å². The Labute approximate surface area is 130 Å². The Kier molecular flexibility index (Phi) is 4.64. The molecule has 0 atom stereocenters. The minimum Gasteiger partial charge on any atom is -0.462 e. The second kappa shape index (κ2) is 6.12. The topological polar surface area (TPSA) is 67.6 Å². The van der Waals surface area contributed by atoms with E-state index in [1.807, 2.05) is 13.8 Å². The van der Waals surface area contributed by atoms with Gasteiger partial charge in [0.25, 0.3) is 0 Å². The summed E-state index contributed by atoms with van der Waals surface area (Å²) in [6.45, 7) is 7.61. The zero-order valence-corrected chi connectivity index (χ0v) is 13.5. The van der Waals surface area contributed by atoms with Crippen LogP contribution in [0.1, 0.15) is 37.6 Å². The van der Waals surface area contributed by atoms with Crippen LogP contribution in [0.15, 0.2) is 12.1 Å². The van der Waals surface area contributed by atoms with Crippen molar-refractivity contribution in [2.75, 3.05) is 30.0 Å². The summed E-state index contributed by atoms with van der Waals surface area (Å²) in [5.74, 6) is -0.392. The molecule has 1 aliphatic rings. The molecule has 0 radical (unpaired) electrons. The number of ether oxygens (including phenoxy) is 1. The third kappa shape index (κ3) is 3.80. The van der Waals surface area contributed by atoms with Crippen LogP contribution in [-0.4, -0.2) is 31.3 Å². The molecule has 0 saturated heterocycles. The molecule has 5 nitrogen and oxygen atoms in total. The number of benzene rings is 1. The number of nitrogens with one attached hydrogen (secondary N) is 1. The zero-order chi connectivity index (χ0) is 15.6. The molecule has 1 heterocycles. The first-order valence-corrected chi connectivity index (χ1v) is 7.48. The predicted octanol–water partition coefficient (Wildman–Crippen LogP) is 2.83. The van der Waals surface area contributed by atoms with Crippen LogP contribution in [0.25, 0.3) is 0 Å². The summed E-state index contributed by atoms with van der Waals surface area (Å²) in [6, 6.07) is 3.57. The molecular weight excluding hydrogens is 290 g/mol. The summed E-state index contributed by atoms with van der Waals surface area (Å²) >= 11 is 6.16. The van der Waals surface area contributed by atoms with Crippen LogP contribution in [0.3, 0.4) is 0 Å². The van der Waals surface area contributed by atoms with Crippen molar-refractivity contribution in [3.8, 4) is 0 Å². The van der Waals surface area contributed by atoms with Crippen LogP contribution in [-0.2, 0) is 4.74 Å². The molecule has 1 aromatic carbocycles. The monoisotopic (exact) mass is 311 g/mol. The first kappa shape index (κ1) is 15.9. The number of rotatable bonds is 5. The number of carbonyl (C=O) groups is 1. The van der Waals surface area contributed by atoms with Crippen LogP contribution in [0.2, 0.25) is 5.02 Å². The number of esters is 1. The van der Waals surface area contributed by atoms with Gasteiger partial charge in [-0.3, -0.25) is 0 Å². The van der Waals surface area contributed by atoms with E-state index in [9.17, 15) is 4.79 Å². The lowest BCUT2D eigenvalue weighted by Crippen LogP contribution is -2.37. The number of carbonyl (C=O) groups excluding carboxylic acids is 1. The number of fused-ring (bicyclic) bond motifs is 1. The normalized spacial score (nSPS) is 13.9. The molecule has 0 bridgehead atoms. The molecule has 2 rings (SSSR count). The van der Waals surface area contributed by atoms with Gasteiger partial charge in [-0.1, -0.05) is 11.6 Å². The van der Waals surface area contributed by atoms with Crippen molar-refractivity contribution in [3.05, 3.63) is 22.7 Å². The summed E-state index contributed by atoms with van der Waals surface area (Å²) in [5, 5.41) is 3.68. The summed E-state index contributed by atoms with van der Waals surface area (Å²) in [7, 11) is 0. The minimum atomic E-state index is -0.392. The quantitative estimate of drug-likeness (QED) is 0.818. The van der Waals surface area contributed by atoms with Crippen molar-refractivity contribution >= 4 is 28.9 Å². The number of anilines is 2. The van der Waals surface area contributed by atoms with Gasteiger partial charge in [-0.05, 0) is 39.3 Å². The van der Waals surface area contributed by atoms with E-state index in [1.165, 1.54) is 0 Å². The van der Waals surface area contributed by atoms with Gasteiger partial charge < -0.3 is 20.7 Å². The van der Waals surface area contributed by atoms with Crippen LogP contribution in [0.4, 0.5) is 11.4 Å². The van der Waals surface area contributed by atoms with Crippen molar-refractivity contribution < 1.29 is 9.53 Å². The maximum Gasteiger partial charge on any atom is 0.339 e. The lowest BCUT2D eigenvalue weighted by Gasteiger charge is -2.24. The SMILES string of the molecule is CCOC(=O)c1cc2c(cc1Cl)NCN2CCC(C)(C)N. The fourth-order valence-electron chi connectivity index (χ4n) is 2.22. The Balaban J connectivity index is 2.22. The van der Waals surface area contributed by atoms with Crippen molar-refractivity contribution in [1.82, 2.24) is 0 Å². The van der Waals surface area contributed by atoms with Gasteiger partial charge >= 0.3 is 5.97 Å². The third-order valence-corrected chi connectivity index (χ3v) is 3.72. The first-order chi connectivity index (χ1) is 9.81. The molecule has 21 heavy (non-hydrogen) atoms. The molecule has 1 aromatic rings. The lowest BCUT2D eigenvalue weighted by molar-refractivity contribution is 0.0526. The highest BCUT2D eigenvalue weighted by atomic mass is 35.5. The fourth-order valence-corrected chi connectivity index (χ4v) is 2.46. The molecule has 0 aliphatic carbocycles. The van der Waals surface area contributed by atoms with Gasteiger partial charge in [0.1, 0.15) is 0 Å². The Bertz CT molecular complexity index is 540. The van der Waals surface area contributed by atoms with Gasteiger partial charge in [0.15, 0.2) is 0 Å². The third-order valence-electron chi connectivity index (χ3n) is 3.41. The van der Waals surface area contributed by atoms with Gasteiger partial charge in [-0.25, -0.2) is 4.79 Å². The van der Waals surface area contributed by atoms with E-state index in [0.717, 1.165) is 24.3 Å². The molecule has 0 fully saturated rings. The Hall–Kier alpha value is -1.46. The van der Waals surface area contributed by atoms with Crippen LogP contribution >= 0.6 is 11.6 Å². The maximum atomic E-state index is 11.9. The fraction of sp³-hybridized carbons (Fsp3) is 0.533.